The van der Waals surface area contributed by atoms with E-state index in [1.165, 1.54) is 7.11 Å². The highest BCUT2D eigenvalue weighted by molar-refractivity contribution is 7.92. The average Bonchev–Trinajstić information content (AvgIpc) is 3.39. The molecule has 42 heavy (non-hydrogen) atoms. The Kier molecular flexibility index (Phi) is 8.50. The minimum atomic E-state index is -3.62. The molecule has 0 saturated heterocycles. The maximum Gasteiger partial charge on any atom is 0.274 e. The summed E-state index contributed by atoms with van der Waals surface area (Å²) in [6.07, 6.45) is 2.66. The highest BCUT2D eigenvalue weighted by Crippen LogP contribution is 2.39. The van der Waals surface area contributed by atoms with Crippen molar-refractivity contribution in [2.24, 2.45) is 0 Å². The monoisotopic (exact) mass is 592 g/mol. The fraction of sp³-hybridized carbons (Fsp3) is 0.267. The van der Waals surface area contributed by atoms with Crippen LogP contribution in [0.4, 0.5) is 22.7 Å². The van der Waals surface area contributed by atoms with Gasteiger partial charge in [-0.3, -0.25) is 24.7 Å². The van der Waals surface area contributed by atoms with Crippen molar-refractivity contribution in [1.29, 1.82) is 0 Å². The first-order valence-corrected chi connectivity index (χ1v) is 15.1. The van der Waals surface area contributed by atoms with Gasteiger partial charge in [-0.05, 0) is 66.3 Å². The molecule has 4 rings (SSSR count). The molecule has 0 atom stereocenters. The number of sulfonamides is 1. The predicted molar refractivity (Wildman–Crippen MR) is 166 cm³/mol. The van der Waals surface area contributed by atoms with Gasteiger partial charge in [0.2, 0.25) is 10.0 Å². The van der Waals surface area contributed by atoms with Crippen molar-refractivity contribution in [2.75, 3.05) is 33.7 Å². The number of benzene rings is 3. The lowest BCUT2D eigenvalue weighted by Gasteiger charge is -2.24. The van der Waals surface area contributed by atoms with Gasteiger partial charge in [0.15, 0.2) is 5.75 Å². The van der Waals surface area contributed by atoms with Crippen LogP contribution in [0.15, 0.2) is 66.5 Å². The molecule has 5 N–H and O–H groups in total. The Bertz CT molecular complexity index is 1680. The maximum absolute atomic E-state index is 13.5. The predicted octanol–water partition coefficient (Wildman–Crippen LogP) is 4.54. The molecule has 222 valence electrons. The fourth-order valence-electron chi connectivity index (χ4n) is 4.32. The number of anilines is 4. The van der Waals surface area contributed by atoms with E-state index in [-0.39, 0.29) is 22.8 Å². The van der Waals surface area contributed by atoms with Gasteiger partial charge in [0.1, 0.15) is 5.70 Å². The smallest absolute Gasteiger partial charge is 0.274 e. The highest BCUT2D eigenvalue weighted by atomic mass is 32.2. The molecule has 0 radical (unpaired) electrons. The summed E-state index contributed by atoms with van der Waals surface area (Å²) < 4.78 is 32.1. The van der Waals surface area contributed by atoms with Gasteiger partial charge in [-0.1, -0.05) is 45.0 Å². The zero-order chi connectivity index (χ0) is 30.8. The van der Waals surface area contributed by atoms with Gasteiger partial charge in [-0.2, -0.15) is 0 Å². The number of hydrogen-bond donors (Lipinski definition) is 5. The first kappa shape index (κ1) is 30.4. The van der Waals surface area contributed by atoms with Crippen LogP contribution < -0.4 is 36.1 Å². The molecule has 2 amide bonds. The van der Waals surface area contributed by atoms with Crippen LogP contribution in [-0.4, -0.2) is 33.6 Å². The van der Waals surface area contributed by atoms with Gasteiger partial charge >= 0.3 is 0 Å². The SMILES string of the molecule is COc1c(NC(=O)c2ccc(C)c(N3C=C(C(=O)Nc4ccccc4C)NN3)c2)cc(C(C)(C)C)cc1NS(C)(=O)=O. The number of hydrogen-bond acceptors (Lipinski definition) is 8. The maximum atomic E-state index is 13.5. The van der Waals surface area contributed by atoms with Crippen molar-refractivity contribution < 1.29 is 22.7 Å². The van der Waals surface area contributed by atoms with Crippen molar-refractivity contribution in [3.8, 4) is 5.75 Å². The van der Waals surface area contributed by atoms with Crippen LogP contribution in [0.5, 0.6) is 5.75 Å². The summed E-state index contributed by atoms with van der Waals surface area (Å²) in [5, 5.41) is 7.38. The van der Waals surface area contributed by atoms with E-state index in [9.17, 15) is 18.0 Å². The standard InChI is InChI=1S/C30H36N6O5S/c1-18-10-8-9-11-22(18)31-29(38)25-17-36(35-33-25)26-14-20(13-12-19(26)2)28(37)32-23-15-21(30(3,4)5)16-24(27(23)41-6)34-42(7,39)40/h8-17,33-35H,1-7H3,(H,31,38)(H,32,37). The van der Waals surface area contributed by atoms with Gasteiger partial charge in [-0.15, -0.1) is 5.53 Å². The Hall–Kier alpha value is -4.55. The number of aryl methyl sites for hydroxylation is 2. The summed E-state index contributed by atoms with van der Waals surface area (Å²) in [5.41, 5.74) is 10.6. The number of para-hydroxylation sites is 1. The molecule has 1 aliphatic heterocycles. The number of carbonyl (C=O) groups excluding carboxylic acids is 2. The Morgan fingerprint density at radius 3 is 2.19 bits per heavy atom. The molecule has 0 bridgehead atoms. The van der Waals surface area contributed by atoms with Crippen LogP contribution in [-0.2, 0) is 20.2 Å². The van der Waals surface area contributed by atoms with Crippen molar-refractivity contribution >= 4 is 44.6 Å². The summed E-state index contributed by atoms with van der Waals surface area (Å²) >= 11 is 0. The molecular formula is C30H36N6O5S. The second-order valence-corrected chi connectivity index (χ2v) is 12.9. The summed E-state index contributed by atoms with van der Waals surface area (Å²) in [5.74, 6) is -0.568. The Morgan fingerprint density at radius 2 is 1.55 bits per heavy atom. The Labute approximate surface area is 246 Å². The molecule has 0 aliphatic carbocycles. The molecule has 0 spiro atoms. The number of amides is 2. The third-order valence-electron chi connectivity index (χ3n) is 6.64. The lowest BCUT2D eigenvalue weighted by molar-refractivity contribution is -0.113. The van der Waals surface area contributed by atoms with Gasteiger partial charge in [0.05, 0.1) is 36.6 Å². The van der Waals surface area contributed by atoms with Crippen LogP contribution in [0.2, 0.25) is 0 Å². The first-order valence-electron chi connectivity index (χ1n) is 13.2. The minimum Gasteiger partial charge on any atom is -0.492 e. The molecule has 12 heteroatoms. The molecule has 3 aromatic rings. The number of methoxy groups -OCH3 is 1. The number of ether oxygens (including phenoxy) is 1. The summed E-state index contributed by atoms with van der Waals surface area (Å²) in [6, 6.07) is 16.1. The highest BCUT2D eigenvalue weighted by Gasteiger charge is 2.24. The van der Waals surface area contributed by atoms with E-state index in [0.29, 0.717) is 28.3 Å². The second kappa shape index (κ2) is 11.7. The molecule has 0 aromatic heterocycles. The van der Waals surface area contributed by atoms with E-state index in [2.05, 4.69) is 26.3 Å². The van der Waals surface area contributed by atoms with Gasteiger partial charge in [0.25, 0.3) is 11.8 Å². The largest absolute Gasteiger partial charge is 0.492 e. The summed E-state index contributed by atoms with van der Waals surface area (Å²) in [6.45, 7) is 9.75. The molecule has 3 aromatic carbocycles. The zero-order valence-electron chi connectivity index (χ0n) is 24.7. The van der Waals surface area contributed by atoms with E-state index >= 15 is 0 Å². The van der Waals surface area contributed by atoms with Gasteiger partial charge < -0.3 is 15.4 Å². The number of rotatable bonds is 8. The Balaban J connectivity index is 1.61. The average molecular weight is 593 g/mol. The van der Waals surface area contributed by atoms with Crippen molar-refractivity contribution in [1.82, 2.24) is 11.0 Å². The molecule has 0 unspecified atom stereocenters. The number of nitrogens with one attached hydrogen (secondary N) is 5. The zero-order valence-corrected chi connectivity index (χ0v) is 25.5. The number of nitrogens with zero attached hydrogens (tertiary/aromatic N) is 1. The van der Waals surface area contributed by atoms with E-state index in [0.717, 1.165) is 22.9 Å². The quantitative estimate of drug-likeness (QED) is 0.257. The number of hydrazine groups is 2. The lowest BCUT2D eigenvalue weighted by Crippen LogP contribution is -2.38. The van der Waals surface area contributed by atoms with E-state index in [1.54, 1.807) is 41.5 Å². The summed E-state index contributed by atoms with van der Waals surface area (Å²) in [4.78, 5) is 26.3. The van der Waals surface area contributed by atoms with Crippen molar-refractivity contribution in [2.45, 2.75) is 40.0 Å². The Morgan fingerprint density at radius 1 is 0.881 bits per heavy atom. The van der Waals surface area contributed by atoms with Crippen LogP contribution in [0, 0.1) is 13.8 Å². The molecular weight excluding hydrogens is 556 g/mol. The van der Waals surface area contributed by atoms with Gasteiger partial charge in [-0.25, -0.2) is 8.42 Å². The van der Waals surface area contributed by atoms with E-state index in [1.807, 2.05) is 58.9 Å². The second-order valence-electron chi connectivity index (χ2n) is 11.1. The normalized spacial score (nSPS) is 13.2. The van der Waals surface area contributed by atoms with Crippen molar-refractivity contribution in [3.05, 3.63) is 88.7 Å². The molecule has 0 saturated carbocycles. The van der Waals surface area contributed by atoms with E-state index < -0.39 is 15.9 Å². The summed E-state index contributed by atoms with van der Waals surface area (Å²) in [7, 11) is -2.21. The van der Waals surface area contributed by atoms with Crippen LogP contribution in [0.25, 0.3) is 0 Å². The third kappa shape index (κ3) is 7.01. The molecule has 0 fully saturated rings. The van der Waals surface area contributed by atoms with Crippen LogP contribution in [0.3, 0.4) is 0 Å². The van der Waals surface area contributed by atoms with E-state index in [4.69, 9.17) is 4.74 Å². The van der Waals surface area contributed by atoms with Gasteiger partial charge in [0, 0.05) is 11.3 Å². The lowest BCUT2D eigenvalue weighted by atomic mass is 9.86. The molecule has 11 nitrogen and oxygen atoms in total. The third-order valence-corrected chi connectivity index (χ3v) is 7.23. The van der Waals surface area contributed by atoms with Crippen LogP contribution >= 0.6 is 0 Å². The first-order chi connectivity index (χ1) is 19.7. The number of carbonyl (C=O) groups is 2. The fourth-order valence-corrected chi connectivity index (χ4v) is 4.87. The van der Waals surface area contributed by atoms with Crippen LogP contribution in [0.1, 0.15) is 47.8 Å². The molecule has 1 heterocycles. The minimum absolute atomic E-state index is 0.187. The molecule has 1 aliphatic rings. The van der Waals surface area contributed by atoms with Crippen molar-refractivity contribution in [3.63, 3.8) is 0 Å². The topological polar surface area (TPSA) is 141 Å².